The van der Waals surface area contributed by atoms with Crippen molar-refractivity contribution < 1.29 is 23.9 Å². The number of ether oxygens (including phenoxy) is 2. The van der Waals surface area contributed by atoms with Crippen molar-refractivity contribution in [1.29, 1.82) is 0 Å². The van der Waals surface area contributed by atoms with E-state index < -0.39 is 12.0 Å². The molecule has 1 heterocycles. The highest BCUT2D eigenvalue weighted by atomic mass is 79.9. The standard InChI is InChI=1S/C25H37BrN2O5/c1-3-5-6-7-8-9-10-11-16-33-23(29)18-21-24(30)27-14-15-28(21)25(31)20-17-19(26)12-13-22(20)32-4-2/h12-13,17,21H,3-11,14-16,18H2,1-2H3,(H,27,30). The van der Waals surface area contributed by atoms with E-state index in [0.717, 1.165) is 23.7 Å². The van der Waals surface area contributed by atoms with Gasteiger partial charge in [-0.05, 0) is 31.5 Å². The van der Waals surface area contributed by atoms with Crippen LogP contribution in [0.5, 0.6) is 5.75 Å². The third kappa shape index (κ3) is 8.99. The van der Waals surface area contributed by atoms with Crippen LogP contribution in [-0.4, -0.2) is 55.0 Å². The fraction of sp³-hybridized carbons (Fsp3) is 0.640. The van der Waals surface area contributed by atoms with E-state index in [9.17, 15) is 14.4 Å². The molecule has 1 N–H and O–H groups in total. The van der Waals surface area contributed by atoms with Gasteiger partial charge in [-0.1, -0.05) is 67.8 Å². The van der Waals surface area contributed by atoms with Crippen molar-refractivity contribution >= 4 is 33.7 Å². The smallest absolute Gasteiger partial charge is 0.308 e. The molecule has 2 rings (SSSR count). The quantitative estimate of drug-likeness (QED) is 0.277. The first-order chi connectivity index (χ1) is 16.0. The van der Waals surface area contributed by atoms with E-state index in [2.05, 4.69) is 28.2 Å². The molecule has 7 nitrogen and oxygen atoms in total. The molecule has 8 heteroatoms. The number of carbonyl (C=O) groups excluding carboxylic acids is 3. The Morgan fingerprint density at radius 2 is 1.79 bits per heavy atom. The molecule has 1 aliphatic heterocycles. The zero-order valence-electron chi connectivity index (χ0n) is 19.9. The van der Waals surface area contributed by atoms with Crippen LogP contribution < -0.4 is 10.1 Å². The highest BCUT2D eigenvalue weighted by Crippen LogP contribution is 2.26. The van der Waals surface area contributed by atoms with E-state index in [1.54, 1.807) is 18.2 Å². The molecule has 1 unspecified atom stereocenters. The van der Waals surface area contributed by atoms with Crippen molar-refractivity contribution in [2.24, 2.45) is 0 Å². The van der Waals surface area contributed by atoms with E-state index in [0.29, 0.717) is 37.6 Å². The summed E-state index contributed by atoms with van der Waals surface area (Å²) in [6.07, 6.45) is 9.12. The second-order valence-corrected chi connectivity index (χ2v) is 9.19. The number of hydrogen-bond donors (Lipinski definition) is 1. The summed E-state index contributed by atoms with van der Waals surface area (Å²) in [5.74, 6) is -0.688. The summed E-state index contributed by atoms with van der Waals surface area (Å²) in [4.78, 5) is 39.7. The van der Waals surface area contributed by atoms with Crippen molar-refractivity contribution in [3.8, 4) is 5.75 Å². The summed E-state index contributed by atoms with van der Waals surface area (Å²) >= 11 is 3.39. The minimum Gasteiger partial charge on any atom is -0.493 e. The minimum atomic E-state index is -0.897. The maximum Gasteiger partial charge on any atom is 0.308 e. The average molecular weight is 525 g/mol. The topological polar surface area (TPSA) is 84.9 Å². The van der Waals surface area contributed by atoms with Crippen LogP contribution in [0.25, 0.3) is 0 Å². The summed E-state index contributed by atoms with van der Waals surface area (Å²) in [7, 11) is 0. The first-order valence-corrected chi connectivity index (χ1v) is 12.9. The van der Waals surface area contributed by atoms with E-state index >= 15 is 0 Å². The number of esters is 1. The first kappa shape index (κ1) is 27.2. The molecule has 1 aromatic carbocycles. The van der Waals surface area contributed by atoms with Gasteiger partial charge in [-0.2, -0.15) is 0 Å². The van der Waals surface area contributed by atoms with Crippen molar-refractivity contribution in [3.05, 3.63) is 28.2 Å². The molecule has 0 saturated carbocycles. The second kappa shape index (κ2) is 14.9. The molecular formula is C25H37BrN2O5. The molecule has 1 saturated heterocycles. The van der Waals surface area contributed by atoms with Crippen molar-refractivity contribution in [1.82, 2.24) is 10.2 Å². The monoisotopic (exact) mass is 524 g/mol. The predicted octanol–water partition coefficient (Wildman–Crippen LogP) is 4.86. The van der Waals surface area contributed by atoms with Gasteiger partial charge in [0.2, 0.25) is 5.91 Å². The normalized spacial score (nSPS) is 15.8. The Morgan fingerprint density at radius 3 is 2.48 bits per heavy atom. The number of benzene rings is 1. The fourth-order valence-corrected chi connectivity index (χ4v) is 4.27. The molecule has 1 fully saturated rings. The molecule has 1 aromatic rings. The van der Waals surface area contributed by atoms with E-state index in [4.69, 9.17) is 9.47 Å². The van der Waals surface area contributed by atoms with Gasteiger partial charge in [0.15, 0.2) is 0 Å². The first-order valence-electron chi connectivity index (χ1n) is 12.1. The number of nitrogens with zero attached hydrogens (tertiary/aromatic N) is 1. The summed E-state index contributed by atoms with van der Waals surface area (Å²) in [5.41, 5.74) is 0.359. The van der Waals surface area contributed by atoms with Gasteiger partial charge in [-0.25, -0.2) is 0 Å². The minimum absolute atomic E-state index is 0.160. The molecule has 0 aromatic heterocycles. The number of halogens is 1. The Morgan fingerprint density at radius 1 is 1.09 bits per heavy atom. The zero-order valence-corrected chi connectivity index (χ0v) is 21.5. The van der Waals surface area contributed by atoms with Crippen LogP contribution in [0.15, 0.2) is 22.7 Å². The zero-order chi connectivity index (χ0) is 24.1. The SMILES string of the molecule is CCCCCCCCCCOC(=O)CC1C(=O)NCCN1C(=O)c1cc(Br)ccc1OCC. The molecule has 184 valence electrons. The van der Waals surface area contributed by atoms with Crippen molar-refractivity contribution in [2.45, 2.75) is 77.7 Å². The number of carbonyl (C=O) groups is 3. The van der Waals surface area contributed by atoms with Crippen LogP contribution in [0.1, 0.15) is 82.0 Å². The van der Waals surface area contributed by atoms with E-state index in [1.165, 1.54) is 37.0 Å². The molecule has 33 heavy (non-hydrogen) atoms. The Labute approximate surface area is 205 Å². The van der Waals surface area contributed by atoms with Crippen molar-refractivity contribution in [3.63, 3.8) is 0 Å². The van der Waals surface area contributed by atoms with E-state index in [1.807, 2.05) is 6.92 Å². The largest absolute Gasteiger partial charge is 0.493 e. The van der Waals surface area contributed by atoms with Gasteiger partial charge in [-0.3, -0.25) is 14.4 Å². The van der Waals surface area contributed by atoms with Gasteiger partial charge in [0.1, 0.15) is 11.8 Å². The summed E-state index contributed by atoms with van der Waals surface area (Å²) in [6.45, 7) is 5.47. The van der Waals surface area contributed by atoms with Gasteiger partial charge < -0.3 is 19.7 Å². The molecule has 0 bridgehead atoms. The molecule has 0 radical (unpaired) electrons. The number of amides is 2. The summed E-state index contributed by atoms with van der Waals surface area (Å²) < 4.78 is 11.7. The lowest BCUT2D eigenvalue weighted by Gasteiger charge is -2.35. The van der Waals surface area contributed by atoms with Crippen LogP contribution in [0.2, 0.25) is 0 Å². The number of hydrogen-bond acceptors (Lipinski definition) is 5. The van der Waals surface area contributed by atoms with Crippen LogP contribution in [0.3, 0.4) is 0 Å². The van der Waals surface area contributed by atoms with Gasteiger partial charge in [0.25, 0.3) is 5.91 Å². The van der Waals surface area contributed by atoms with Crippen LogP contribution >= 0.6 is 15.9 Å². The van der Waals surface area contributed by atoms with Crippen LogP contribution in [-0.2, 0) is 14.3 Å². The molecule has 0 aliphatic carbocycles. The Kier molecular flexibility index (Phi) is 12.3. The predicted molar refractivity (Wildman–Crippen MR) is 131 cm³/mol. The van der Waals surface area contributed by atoms with Crippen LogP contribution in [0.4, 0.5) is 0 Å². The summed E-state index contributed by atoms with van der Waals surface area (Å²) in [6, 6.07) is 4.30. The number of piperazine rings is 1. The van der Waals surface area contributed by atoms with Gasteiger partial charge in [0, 0.05) is 17.6 Å². The highest BCUT2D eigenvalue weighted by Gasteiger charge is 2.36. The number of nitrogens with one attached hydrogen (secondary N) is 1. The molecule has 1 aliphatic rings. The second-order valence-electron chi connectivity index (χ2n) is 8.28. The number of unbranched alkanes of at least 4 members (excludes halogenated alkanes) is 7. The lowest BCUT2D eigenvalue weighted by molar-refractivity contribution is -0.147. The van der Waals surface area contributed by atoms with Gasteiger partial charge in [0.05, 0.1) is 25.2 Å². The maximum absolute atomic E-state index is 13.3. The third-order valence-electron chi connectivity index (χ3n) is 5.68. The maximum atomic E-state index is 13.3. The number of rotatable bonds is 14. The molecule has 0 spiro atoms. The lowest BCUT2D eigenvalue weighted by Crippen LogP contribution is -2.57. The average Bonchev–Trinajstić information content (AvgIpc) is 2.80. The van der Waals surface area contributed by atoms with Crippen LogP contribution in [0, 0.1) is 0 Å². The Hall–Kier alpha value is -2.09. The molecular weight excluding hydrogens is 488 g/mol. The fourth-order valence-electron chi connectivity index (χ4n) is 3.90. The summed E-state index contributed by atoms with van der Waals surface area (Å²) in [5, 5.41) is 2.75. The van der Waals surface area contributed by atoms with E-state index in [-0.39, 0.29) is 18.2 Å². The molecule has 1 atom stereocenters. The highest BCUT2D eigenvalue weighted by molar-refractivity contribution is 9.10. The van der Waals surface area contributed by atoms with Gasteiger partial charge in [-0.15, -0.1) is 0 Å². The van der Waals surface area contributed by atoms with Gasteiger partial charge >= 0.3 is 5.97 Å². The Balaban J connectivity index is 1.88. The molecule has 2 amide bonds. The Bertz CT molecular complexity index is 786. The lowest BCUT2D eigenvalue weighted by atomic mass is 10.1. The third-order valence-corrected chi connectivity index (χ3v) is 6.18. The van der Waals surface area contributed by atoms with Crippen molar-refractivity contribution in [2.75, 3.05) is 26.3 Å².